The van der Waals surface area contributed by atoms with Gasteiger partial charge in [0.2, 0.25) is 0 Å². The molecule has 118 valence electrons. The molecule has 0 aromatic rings. The Morgan fingerprint density at radius 3 is 2.00 bits per heavy atom. The van der Waals surface area contributed by atoms with Gasteiger partial charge in [0.05, 0.1) is 0 Å². The van der Waals surface area contributed by atoms with Crippen molar-refractivity contribution in [2.75, 3.05) is 11.5 Å². The van der Waals surface area contributed by atoms with E-state index in [-0.39, 0.29) is 0 Å². The van der Waals surface area contributed by atoms with Crippen LogP contribution in [-0.4, -0.2) is 33.1 Å². The van der Waals surface area contributed by atoms with Gasteiger partial charge in [-0.15, -0.1) is 0 Å². The molecular weight excluding hydrogens is 380 g/mol. The molecule has 0 amide bonds. The van der Waals surface area contributed by atoms with E-state index in [1.165, 1.54) is 0 Å². The van der Waals surface area contributed by atoms with Gasteiger partial charge in [-0.25, -0.2) is 0 Å². The number of halogens is 1. The van der Waals surface area contributed by atoms with Crippen LogP contribution in [0, 0.1) is 5.41 Å². The zero-order chi connectivity index (χ0) is 15.5. The number of hydrogen-bond donors (Lipinski definition) is 1. The summed E-state index contributed by atoms with van der Waals surface area (Å²) in [7, 11) is -3.38. The fraction of sp³-hybridized carbons (Fsp3) is 1.00. The van der Waals surface area contributed by atoms with E-state index < -0.39 is 46.0 Å². The topological polar surface area (TPSA) is 59.0 Å². The first-order chi connectivity index (χ1) is 8.40. The van der Waals surface area contributed by atoms with Crippen LogP contribution in [0.2, 0.25) is 0 Å². The van der Waals surface area contributed by atoms with E-state index in [9.17, 15) is 9.77 Å². The Balaban J connectivity index is 5.64. The van der Waals surface area contributed by atoms with Gasteiger partial charge in [-0.1, -0.05) is 0 Å². The monoisotopic (exact) mass is 408 g/mol. The molecular formula is C12H28INO4P-. The van der Waals surface area contributed by atoms with Gasteiger partial charge in [-0.2, -0.15) is 0 Å². The Hall–Kier alpha value is 0.800. The van der Waals surface area contributed by atoms with Crippen molar-refractivity contribution in [3.63, 3.8) is 0 Å². The van der Waals surface area contributed by atoms with Crippen LogP contribution in [0.15, 0.2) is 0 Å². The summed E-state index contributed by atoms with van der Waals surface area (Å²) < 4.78 is 24.0. The molecule has 0 fully saturated rings. The summed E-state index contributed by atoms with van der Waals surface area (Å²) >= 11 is -0.665. The van der Waals surface area contributed by atoms with E-state index in [0.29, 0.717) is 6.61 Å². The third-order valence-electron chi connectivity index (χ3n) is 2.47. The molecule has 0 aromatic heterocycles. The van der Waals surface area contributed by atoms with Crippen LogP contribution >= 0.6 is 7.60 Å². The zero-order valence-electron chi connectivity index (χ0n) is 13.2. The summed E-state index contributed by atoms with van der Waals surface area (Å²) in [5.74, 6) is -0.695. The van der Waals surface area contributed by atoms with Crippen LogP contribution in [0.4, 0.5) is 0 Å². The second-order valence-electron chi connectivity index (χ2n) is 6.44. The van der Waals surface area contributed by atoms with Gasteiger partial charge >= 0.3 is 128 Å². The van der Waals surface area contributed by atoms with Gasteiger partial charge in [0.25, 0.3) is 0 Å². The average molecular weight is 408 g/mol. The number of rotatable bonds is 6. The second-order valence-corrected chi connectivity index (χ2v) is 10.5. The van der Waals surface area contributed by atoms with E-state index in [1.54, 1.807) is 6.92 Å². The molecule has 0 aliphatic rings. The number of alkyl halides is 1. The first-order valence-corrected chi connectivity index (χ1v) is 11.0. The molecule has 0 radical (unpaired) electrons. The predicted octanol–water partition coefficient (Wildman–Crippen LogP) is 0.728. The maximum absolute atomic E-state index is 13.0. The van der Waals surface area contributed by atoms with Gasteiger partial charge < -0.3 is 0 Å². The Morgan fingerprint density at radius 1 is 1.26 bits per heavy atom. The Morgan fingerprint density at radius 2 is 1.74 bits per heavy atom. The molecule has 0 heterocycles. The van der Waals surface area contributed by atoms with Crippen molar-refractivity contribution in [3.05, 3.63) is 0 Å². The maximum atomic E-state index is 13.0. The van der Waals surface area contributed by atoms with Crippen LogP contribution < -0.4 is 21.6 Å². The standard InChI is InChI=1S/C12H28INO4P/c1-9-17-19(16,18-13-8)10(11(2,3)4)14(15)12(5,6)7/h10,15H,9H2,1-8H3/q-1. The van der Waals surface area contributed by atoms with E-state index in [1.807, 2.05) is 46.5 Å². The number of hydrogen-bond acceptors (Lipinski definition) is 5. The van der Waals surface area contributed by atoms with Crippen LogP contribution in [0.3, 0.4) is 0 Å². The second kappa shape index (κ2) is 7.18. The van der Waals surface area contributed by atoms with Crippen molar-refractivity contribution in [3.8, 4) is 0 Å². The molecule has 0 saturated carbocycles. The Kier molecular flexibility index (Phi) is 7.48. The number of hydroxylamine groups is 2. The molecule has 0 spiro atoms. The zero-order valence-corrected chi connectivity index (χ0v) is 16.3. The first-order valence-electron chi connectivity index (χ1n) is 6.30. The predicted molar refractivity (Wildman–Crippen MR) is 72.9 cm³/mol. The third-order valence-corrected chi connectivity index (χ3v) is 7.84. The Labute approximate surface area is 128 Å². The molecule has 2 unspecified atom stereocenters. The van der Waals surface area contributed by atoms with Crippen molar-refractivity contribution in [1.82, 2.24) is 5.06 Å². The van der Waals surface area contributed by atoms with E-state index in [0.717, 1.165) is 5.06 Å². The first kappa shape index (κ1) is 19.8. The van der Waals surface area contributed by atoms with E-state index in [4.69, 9.17) is 7.38 Å². The minimum atomic E-state index is -3.38. The molecule has 0 saturated heterocycles. The van der Waals surface area contributed by atoms with Crippen molar-refractivity contribution >= 4 is 7.60 Å². The Bertz CT molecular complexity index is 315. The summed E-state index contributed by atoms with van der Waals surface area (Å²) in [6.07, 6.45) is 0. The average Bonchev–Trinajstić information content (AvgIpc) is 2.13. The van der Waals surface area contributed by atoms with Crippen molar-refractivity contribution < 1.29 is 38.8 Å². The normalized spacial score (nSPS) is 18.6. The molecule has 2 atom stereocenters. The fourth-order valence-corrected chi connectivity index (χ4v) is 6.75. The molecule has 0 aliphatic heterocycles. The van der Waals surface area contributed by atoms with Crippen molar-refractivity contribution in [2.45, 2.75) is 59.8 Å². The van der Waals surface area contributed by atoms with Crippen molar-refractivity contribution in [1.29, 1.82) is 0 Å². The molecule has 0 bridgehead atoms. The van der Waals surface area contributed by atoms with Gasteiger partial charge in [-0.05, 0) is 0 Å². The SMILES string of the molecule is CCOP(=O)(O[I-]C)C(N(O)C(C)(C)C)C(C)(C)C. The van der Waals surface area contributed by atoms with Crippen LogP contribution in [0.5, 0.6) is 0 Å². The minimum absolute atomic E-state index is 0.297. The quantitative estimate of drug-likeness (QED) is 0.304. The summed E-state index contributed by atoms with van der Waals surface area (Å²) in [5.41, 5.74) is -0.980. The molecule has 19 heavy (non-hydrogen) atoms. The summed E-state index contributed by atoms with van der Waals surface area (Å²) in [6, 6.07) is 0. The molecule has 1 N–H and O–H groups in total. The fourth-order valence-electron chi connectivity index (χ4n) is 1.75. The molecule has 7 heteroatoms. The molecule has 0 rings (SSSR count). The van der Waals surface area contributed by atoms with Gasteiger partial charge in [-0.3, -0.25) is 0 Å². The molecule has 5 nitrogen and oxygen atoms in total. The van der Waals surface area contributed by atoms with Crippen LogP contribution in [0.25, 0.3) is 0 Å². The summed E-state index contributed by atoms with van der Waals surface area (Å²) in [6.45, 7) is 13.4. The molecule has 0 aromatic carbocycles. The van der Waals surface area contributed by atoms with Crippen LogP contribution in [-0.2, 0) is 11.9 Å². The van der Waals surface area contributed by atoms with Gasteiger partial charge in [0.15, 0.2) is 0 Å². The van der Waals surface area contributed by atoms with Crippen molar-refractivity contribution in [2.24, 2.45) is 5.41 Å². The molecule has 0 aliphatic carbocycles. The van der Waals surface area contributed by atoms with Gasteiger partial charge in [0.1, 0.15) is 0 Å². The summed E-state index contributed by atoms with van der Waals surface area (Å²) in [5, 5.41) is 11.6. The number of nitrogens with zero attached hydrogens (tertiary/aromatic N) is 1. The van der Waals surface area contributed by atoms with Crippen LogP contribution in [0.1, 0.15) is 48.5 Å². The van der Waals surface area contributed by atoms with Gasteiger partial charge in [0, 0.05) is 0 Å². The summed E-state index contributed by atoms with van der Waals surface area (Å²) in [4.78, 5) is 1.88. The third kappa shape index (κ3) is 5.59. The van der Waals surface area contributed by atoms with E-state index in [2.05, 4.69) is 0 Å². The van der Waals surface area contributed by atoms with E-state index >= 15 is 0 Å².